The van der Waals surface area contributed by atoms with E-state index < -0.39 is 0 Å². The monoisotopic (exact) mass is 284 g/mol. The van der Waals surface area contributed by atoms with Gasteiger partial charge in [0.25, 0.3) is 0 Å². The minimum absolute atomic E-state index is 0.399. The summed E-state index contributed by atoms with van der Waals surface area (Å²) in [6.07, 6.45) is 2.11. The third kappa shape index (κ3) is 4.45. The average Bonchev–Trinajstić information content (AvgIpc) is 2.47. The normalized spacial score (nSPS) is 12.0. The molecule has 0 spiro atoms. The van der Waals surface area contributed by atoms with E-state index in [9.17, 15) is 0 Å². The van der Waals surface area contributed by atoms with Crippen LogP contribution in [0.1, 0.15) is 38.4 Å². The van der Waals surface area contributed by atoms with Crippen LogP contribution in [0.4, 0.5) is 17.5 Å². The molecule has 0 radical (unpaired) electrons. The van der Waals surface area contributed by atoms with Crippen molar-refractivity contribution >= 4 is 17.5 Å². The maximum Gasteiger partial charge on any atom is 0.229 e. The van der Waals surface area contributed by atoms with E-state index in [-0.39, 0.29) is 0 Å². The molecule has 112 valence electrons. The molecule has 21 heavy (non-hydrogen) atoms. The van der Waals surface area contributed by atoms with E-state index >= 15 is 0 Å². The highest BCUT2D eigenvalue weighted by Gasteiger charge is 2.05. The fourth-order valence-electron chi connectivity index (χ4n) is 2.01. The first kappa shape index (κ1) is 15.3. The molecule has 0 fully saturated rings. The van der Waals surface area contributed by atoms with E-state index in [2.05, 4.69) is 65.6 Å². The molecule has 1 atom stereocenters. The van der Waals surface area contributed by atoms with Crippen LogP contribution in [0, 0.1) is 6.92 Å². The Morgan fingerprint density at radius 2 is 1.81 bits per heavy atom. The van der Waals surface area contributed by atoms with Gasteiger partial charge in [-0.1, -0.05) is 26.0 Å². The third-order valence-corrected chi connectivity index (χ3v) is 3.48. The van der Waals surface area contributed by atoms with E-state index in [1.54, 1.807) is 0 Å². The summed E-state index contributed by atoms with van der Waals surface area (Å²) in [6, 6.07) is 10.7. The molecule has 4 nitrogen and oxygen atoms in total. The lowest BCUT2D eigenvalue weighted by Gasteiger charge is -2.14. The van der Waals surface area contributed by atoms with E-state index in [0.717, 1.165) is 30.0 Å². The second kappa shape index (κ2) is 7.07. The van der Waals surface area contributed by atoms with Crippen molar-refractivity contribution in [3.63, 3.8) is 0 Å². The van der Waals surface area contributed by atoms with Gasteiger partial charge in [0.15, 0.2) is 0 Å². The Balaban J connectivity index is 2.14. The zero-order valence-corrected chi connectivity index (χ0v) is 13.3. The molecule has 2 rings (SSSR count). The lowest BCUT2D eigenvalue weighted by atomic mass is 10.1. The third-order valence-electron chi connectivity index (χ3n) is 3.48. The molecule has 0 aliphatic heterocycles. The number of nitrogens with zero attached hydrogens (tertiary/aromatic N) is 2. The molecule has 0 aliphatic carbocycles. The van der Waals surface area contributed by atoms with Crippen molar-refractivity contribution in [2.75, 3.05) is 10.6 Å². The molecule has 2 aromatic rings. The Hall–Kier alpha value is -2.10. The van der Waals surface area contributed by atoms with Crippen LogP contribution in [-0.4, -0.2) is 16.0 Å². The molecule has 0 bridgehead atoms. The van der Waals surface area contributed by atoms with Gasteiger partial charge in [-0.25, -0.2) is 4.98 Å². The Morgan fingerprint density at radius 3 is 2.43 bits per heavy atom. The van der Waals surface area contributed by atoms with Crippen LogP contribution in [0.5, 0.6) is 0 Å². The summed E-state index contributed by atoms with van der Waals surface area (Å²) in [6.45, 7) is 8.43. The maximum absolute atomic E-state index is 4.53. The summed E-state index contributed by atoms with van der Waals surface area (Å²) in [4.78, 5) is 8.97. The molecular weight excluding hydrogens is 260 g/mol. The van der Waals surface area contributed by atoms with Crippen LogP contribution < -0.4 is 10.6 Å². The van der Waals surface area contributed by atoms with E-state index in [1.807, 2.05) is 13.0 Å². The number of aryl methyl sites for hydroxylation is 2. The fourth-order valence-corrected chi connectivity index (χ4v) is 2.01. The van der Waals surface area contributed by atoms with Crippen molar-refractivity contribution in [3.05, 3.63) is 41.6 Å². The first-order valence-corrected chi connectivity index (χ1v) is 7.59. The fraction of sp³-hybridized carbons (Fsp3) is 0.412. The first-order valence-electron chi connectivity index (χ1n) is 7.59. The highest BCUT2D eigenvalue weighted by atomic mass is 15.1. The van der Waals surface area contributed by atoms with Crippen molar-refractivity contribution in [2.45, 2.75) is 46.6 Å². The highest BCUT2D eigenvalue weighted by molar-refractivity contribution is 5.55. The van der Waals surface area contributed by atoms with Crippen LogP contribution in [0.2, 0.25) is 0 Å². The van der Waals surface area contributed by atoms with Crippen LogP contribution >= 0.6 is 0 Å². The van der Waals surface area contributed by atoms with Crippen molar-refractivity contribution in [2.24, 2.45) is 0 Å². The molecule has 1 unspecified atom stereocenters. The summed E-state index contributed by atoms with van der Waals surface area (Å²) >= 11 is 0. The summed E-state index contributed by atoms with van der Waals surface area (Å²) in [5, 5.41) is 6.65. The van der Waals surface area contributed by atoms with E-state index in [4.69, 9.17) is 0 Å². The molecule has 4 heteroatoms. The van der Waals surface area contributed by atoms with Gasteiger partial charge >= 0.3 is 0 Å². The lowest BCUT2D eigenvalue weighted by Crippen LogP contribution is -2.15. The maximum atomic E-state index is 4.53. The zero-order valence-electron chi connectivity index (χ0n) is 13.3. The number of nitrogens with one attached hydrogen (secondary N) is 2. The second-order valence-corrected chi connectivity index (χ2v) is 5.35. The Kier molecular flexibility index (Phi) is 5.14. The smallest absolute Gasteiger partial charge is 0.229 e. The zero-order chi connectivity index (χ0) is 15.2. The quantitative estimate of drug-likeness (QED) is 0.830. The van der Waals surface area contributed by atoms with Crippen molar-refractivity contribution < 1.29 is 0 Å². The van der Waals surface area contributed by atoms with Gasteiger partial charge < -0.3 is 10.6 Å². The van der Waals surface area contributed by atoms with Gasteiger partial charge in [0, 0.05) is 23.5 Å². The van der Waals surface area contributed by atoms with Crippen LogP contribution in [-0.2, 0) is 6.42 Å². The first-order chi connectivity index (χ1) is 10.1. The summed E-state index contributed by atoms with van der Waals surface area (Å²) in [7, 11) is 0. The molecule has 1 heterocycles. The van der Waals surface area contributed by atoms with Gasteiger partial charge in [-0.2, -0.15) is 4.98 Å². The molecule has 1 aromatic heterocycles. The van der Waals surface area contributed by atoms with Gasteiger partial charge in [-0.05, 0) is 44.4 Å². The Bertz CT molecular complexity index is 578. The van der Waals surface area contributed by atoms with Crippen molar-refractivity contribution in [1.29, 1.82) is 0 Å². The minimum Gasteiger partial charge on any atom is -0.367 e. The Morgan fingerprint density at radius 1 is 1.10 bits per heavy atom. The molecule has 0 amide bonds. The molecular formula is C17H24N4. The van der Waals surface area contributed by atoms with Crippen molar-refractivity contribution in [3.8, 4) is 0 Å². The van der Waals surface area contributed by atoms with Gasteiger partial charge in [0.2, 0.25) is 5.95 Å². The number of hydrogen-bond acceptors (Lipinski definition) is 4. The summed E-state index contributed by atoms with van der Waals surface area (Å²) in [5.74, 6) is 1.49. The van der Waals surface area contributed by atoms with Gasteiger partial charge in [0.05, 0.1) is 0 Å². The van der Waals surface area contributed by atoms with Crippen molar-refractivity contribution in [1.82, 2.24) is 9.97 Å². The molecule has 0 aliphatic rings. The molecule has 2 N–H and O–H groups in total. The largest absolute Gasteiger partial charge is 0.367 e. The second-order valence-electron chi connectivity index (χ2n) is 5.35. The topological polar surface area (TPSA) is 49.8 Å². The van der Waals surface area contributed by atoms with Crippen LogP contribution in [0.3, 0.4) is 0 Å². The van der Waals surface area contributed by atoms with Crippen LogP contribution in [0.15, 0.2) is 30.3 Å². The van der Waals surface area contributed by atoms with Gasteiger partial charge in [0.1, 0.15) is 5.82 Å². The summed E-state index contributed by atoms with van der Waals surface area (Å²) in [5.41, 5.74) is 3.28. The average molecular weight is 284 g/mol. The lowest BCUT2D eigenvalue weighted by molar-refractivity contribution is 0.758. The SMILES string of the molecule is CCc1ccc(Nc2nc(C)cc(NC(C)CC)n2)cc1. The predicted molar refractivity (Wildman–Crippen MR) is 89.2 cm³/mol. The number of anilines is 3. The Labute approximate surface area is 127 Å². The molecule has 1 aromatic carbocycles. The molecule has 0 saturated heterocycles. The van der Waals surface area contributed by atoms with Crippen LogP contribution in [0.25, 0.3) is 0 Å². The number of rotatable bonds is 6. The van der Waals surface area contributed by atoms with E-state index in [1.165, 1.54) is 5.56 Å². The van der Waals surface area contributed by atoms with E-state index in [0.29, 0.717) is 12.0 Å². The molecule has 0 saturated carbocycles. The van der Waals surface area contributed by atoms with Gasteiger partial charge in [-0.3, -0.25) is 0 Å². The van der Waals surface area contributed by atoms with Gasteiger partial charge in [-0.15, -0.1) is 0 Å². The number of hydrogen-bond donors (Lipinski definition) is 2. The minimum atomic E-state index is 0.399. The number of benzene rings is 1. The summed E-state index contributed by atoms with van der Waals surface area (Å²) < 4.78 is 0. The predicted octanol–water partition coefficient (Wildman–Crippen LogP) is 4.30. The highest BCUT2D eigenvalue weighted by Crippen LogP contribution is 2.17. The standard InChI is InChI=1S/C17H24N4/c1-5-12(3)18-16-11-13(4)19-17(21-16)20-15-9-7-14(6-2)8-10-15/h7-12H,5-6H2,1-4H3,(H2,18,19,20,21). The number of aromatic nitrogens is 2.